The molecule has 0 saturated carbocycles. The van der Waals surface area contributed by atoms with Gasteiger partial charge in [0.25, 0.3) is 11.5 Å². The number of carbonyl (C=O) groups is 1. The summed E-state index contributed by atoms with van der Waals surface area (Å²) in [7, 11) is 0. The molecule has 0 radical (unpaired) electrons. The Morgan fingerprint density at radius 1 is 1.45 bits per heavy atom. The minimum absolute atomic E-state index is 0.0977. The largest absolute Gasteiger partial charge is 0.322 e. The van der Waals surface area contributed by atoms with Crippen LogP contribution in [0.25, 0.3) is 4.96 Å². The van der Waals surface area contributed by atoms with E-state index in [2.05, 4.69) is 10.3 Å². The van der Waals surface area contributed by atoms with Gasteiger partial charge in [-0.1, -0.05) is 11.6 Å². The lowest BCUT2D eigenvalue weighted by atomic mass is 10.2. The van der Waals surface area contributed by atoms with Gasteiger partial charge in [-0.25, -0.2) is 9.37 Å². The van der Waals surface area contributed by atoms with E-state index in [9.17, 15) is 14.0 Å². The molecule has 0 saturated heterocycles. The van der Waals surface area contributed by atoms with Gasteiger partial charge in [0.15, 0.2) is 4.96 Å². The van der Waals surface area contributed by atoms with Crippen molar-refractivity contribution in [2.45, 2.75) is 6.92 Å². The van der Waals surface area contributed by atoms with E-state index in [4.69, 9.17) is 11.6 Å². The van der Waals surface area contributed by atoms with Crippen molar-refractivity contribution < 1.29 is 9.18 Å². The molecule has 8 heteroatoms. The van der Waals surface area contributed by atoms with Crippen LogP contribution in [0.15, 0.2) is 34.6 Å². The zero-order valence-electron chi connectivity index (χ0n) is 11.3. The molecule has 22 heavy (non-hydrogen) atoms. The van der Waals surface area contributed by atoms with Crippen molar-refractivity contribution in [1.29, 1.82) is 0 Å². The predicted molar refractivity (Wildman–Crippen MR) is 83.4 cm³/mol. The number of hydrogen-bond acceptors (Lipinski definition) is 4. The van der Waals surface area contributed by atoms with Crippen LogP contribution in [0, 0.1) is 12.7 Å². The second-order valence-corrected chi connectivity index (χ2v) is 5.80. The molecule has 0 unspecified atom stereocenters. The van der Waals surface area contributed by atoms with E-state index in [1.807, 2.05) is 0 Å². The van der Waals surface area contributed by atoms with E-state index in [0.29, 0.717) is 16.3 Å². The van der Waals surface area contributed by atoms with Crippen LogP contribution in [0.5, 0.6) is 0 Å². The van der Waals surface area contributed by atoms with Crippen LogP contribution in [0.4, 0.5) is 10.1 Å². The van der Waals surface area contributed by atoms with E-state index >= 15 is 0 Å². The van der Waals surface area contributed by atoms with Crippen LogP contribution in [-0.2, 0) is 0 Å². The van der Waals surface area contributed by atoms with E-state index < -0.39 is 17.3 Å². The minimum Gasteiger partial charge on any atom is -0.322 e. The molecule has 0 aliphatic carbocycles. The van der Waals surface area contributed by atoms with Crippen LogP contribution in [-0.4, -0.2) is 15.3 Å². The third kappa shape index (κ3) is 2.49. The molecular formula is C14H9ClFN3O2S. The molecule has 3 aromatic rings. The first-order valence-electron chi connectivity index (χ1n) is 6.19. The molecule has 1 aromatic carbocycles. The summed E-state index contributed by atoms with van der Waals surface area (Å²) in [5.41, 5.74) is 0.453. The molecule has 0 aliphatic heterocycles. The molecule has 0 spiro atoms. The van der Waals surface area contributed by atoms with Gasteiger partial charge in [-0.15, -0.1) is 11.3 Å². The fraction of sp³-hybridized carbons (Fsp3) is 0.0714. The zero-order chi connectivity index (χ0) is 15.9. The fourth-order valence-corrected chi connectivity index (χ4v) is 2.96. The maximum Gasteiger partial charge on any atom is 0.271 e. The summed E-state index contributed by atoms with van der Waals surface area (Å²) in [4.78, 5) is 29.2. The van der Waals surface area contributed by atoms with Crippen LogP contribution in [0.2, 0.25) is 5.02 Å². The quantitative estimate of drug-likeness (QED) is 0.781. The Balaban J connectivity index is 1.98. The van der Waals surface area contributed by atoms with E-state index in [-0.39, 0.29) is 10.6 Å². The number of rotatable bonds is 2. The van der Waals surface area contributed by atoms with Gasteiger partial charge in [-0.3, -0.25) is 14.0 Å². The average Bonchev–Trinajstić information content (AvgIpc) is 2.85. The highest BCUT2D eigenvalue weighted by molar-refractivity contribution is 7.15. The lowest BCUT2D eigenvalue weighted by molar-refractivity contribution is 0.102. The first kappa shape index (κ1) is 14.7. The Bertz CT molecular complexity index is 951. The summed E-state index contributed by atoms with van der Waals surface area (Å²) < 4.78 is 14.5. The van der Waals surface area contributed by atoms with Gasteiger partial charge in [0.05, 0.1) is 5.02 Å². The van der Waals surface area contributed by atoms with Crippen molar-refractivity contribution in [2.24, 2.45) is 0 Å². The minimum atomic E-state index is -0.625. The predicted octanol–water partition coefficient (Wildman–Crippen LogP) is 3.11. The lowest BCUT2D eigenvalue weighted by Crippen LogP contribution is -2.26. The Kier molecular flexibility index (Phi) is 3.67. The van der Waals surface area contributed by atoms with Crippen molar-refractivity contribution in [3.05, 3.63) is 62.2 Å². The summed E-state index contributed by atoms with van der Waals surface area (Å²) in [5, 5.41) is 4.17. The number of amides is 1. The molecule has 2 heterocycles. The van der Waals surface area contributed by atoms with Gasteiger partial charge in [0.2, 0.25) is 0 Å². The number of nitrogens with one attached hydrogen (secondary N) is 1. The van der Waals surface area contributed by atoms with Gasteiger partial charge in [0, 0.05) is 23.0 Å². The first-order valence-corrected chi connectivity index (χ1v) is 7.45. The van der Waals surface area contributed by atoms with Gasteiger partial charge in [-0.05, 0) is 25.1 Å². The maximum absolute atomic E-state index is 13.1. The highest BCUT2D eigenvalue weighted by atomic mass is 35.5. The van der Waals surface area contributed by atoms with Gasteiger partial charge >= 0.3 is 0 Å². The number of nitrogens with zero attached hydrogens (tertiary/aromatic N) is 2. The molecule has 3 rings (SSSR count). The second kappa shape index (κ2) is 5.51. The third-order valence-corrected chi connectivity index (χ3v) is 4.29. The van der Waals surface area contributed by atoms with Gasteiger partial charge in [0.1, 0.15) is 11.4 Å². The van der Waals surface area contributed by atoms with Gasteiger partial charge < -0.3 is 5.32 Å². The van der Waals surface area contributed by atoms with Crippen LogP contribution in [0.1, 0.15) is 16.1 Å². The van der Waals surface area contributed by atoms with Crippen molar-refractivity contribution in [3.63, 3.8) is 0 Å². The Morgan fingerprint density at radius 3 is 2.95 bits per heavy atom. The smallest absolute Gasteiger partial charge is 0.271 e. The Hall–Kier alpha value is -2.25. The van der Waals surface area contributed by atoms with Crippen molar-refractivity contribution in [3.8, 4) is 0 Å². The standard InChI is InChI=1S/C14H9ClFN3O2S/c1-7-6-22-14-17-5-9(13(21)19(7)14)12(20)18-8-2-3-11(16)10(15)4-8/h2-6H,1H3,(H,18,20). The molecular weight excluding hydrogens is 329 g/mol. The summed E-state index contributed by atoms with van der Waals surface area (Å²) in [6.07, 6.45) is 1.23. The number of aryl methyl sites for hydroxylation is 1. The second-order valence-electron chi connectivity index (χ2n) is 4.56. The number of benzene rings is 1. The monoisotopic (exact) mass is 337 g/mol. The molecule has 0 atom stereocenters. The highest BCUT2D eigenvalue weighted by Gasteiger charge is 2.15. The number of carbonyl (C=O) groups excluding carboxylic acids is 1. The SMILES string of the molecule is Cc1csc2ncc(C(=O)Nc3ccc(F)c(Cl)c3)c(=O)n12. The van der Waals surface area contributed by atoms with Crippen molar-refractivity contribution in [1.82, 2.24) is 9.38 Å². The molecule has 5 nitrogen and oxygen atoms in total. The van der Waals surface area contributed by atoms with Crippen molar-refractivity contribution in [2.75, 3.05) is 5.32 Å². The van der Waals surface area contributed by atoms with Crippen LogP contribution < -0.4 is 10.9 Å². The lowest BCUT2D eigenvalue weighted by Gasteiger charge is -2.06. The summed E-state index contributed by atoms with van der Waals surface area (Å²) in [6.45, 7) is 1.76. The number of hydrogen-bond donors (Lipinski definition) is 1. The number of fused-ring (bicyclic) bond motifs is 1. The molecule has 2 aromatic heterocycles. The van der Waals surface area contributed by atoms with E-state index in [0.717, 1.165) is 6.07 Å². The summed E-state index contributed by atoms with van der Waals surface area (Å²) >= 11 is 6.97. The molecule has 1 amide bonds. The topological polar surface area (TPSA) is 63.5 Å². The number of aromatic nitrogens is 2. The van der Waals surface area contributed by atoms with E-state index in [1.54, 1.807) is 12.3 Å². The molecule has 0 fully saturated rings. The molecule has 1 N–H and O–H groups in total. The number of halogens is 2. The fourth-order valence-electron chi connectivity index (χ4n) is 1.95. The van der Waals surface area contributed by atoms with Crippen LogP contribution >= 0.6 is 22.9 Å². The Morgan fingerprint density at radius 2 is 2.23 bits per heavy atom. The zero-order valence-corrected chi connectivity index (χ0v) is 12.8. The van der Waals surface area contributed by atoms with Crippen LogP contribution in [0.3, 0.4) is 0 Å². The molecule has 0 aliphatic rings. The van der Waals surface area contributed by atoms with Gasteiger partial charge in [-0.2, -0.15) is 0 Å². The third-order valence-electron chi connectivity index (χ3n) is 3.04. The summed E-state index contributed by atoms with van der Waals surface area (Å²) in [5.74, 6) is -1.21. The highest BCUT2D eigenvalue weighted by Crippen LogP contribution is 2.19. The summed E-state index contributed by atoms with van der Waals surface area (Å²) in [6, 6.07) is 3.77. The maximum atomic E-state index is 13.1. The first-order chi connectivity index (χ1) is 10.5. The number of thiazole rings is 1. The average molecular weight is 338 g/mol. The molecule has 112 valence electrons. The Labute approximate surface area is 133 Å². The van der Waals surface area contributed by atoms with E-state index in [1.165, 1.54) is 34.1 Å². The number of anilines is 1. The normalized spacial score (nSPS) is 10.9. The molecule has 0 bridgehead atoms. The van der Waals surface area contributed by atoms with Crippen molar-refractivity contribution >= 4 is 39.5 Å².